The number of nitrogens with zero attached hydrogens (tertiary/aromatic N) is 1. The summed E-state index contributed by atoms with van der Waals surface area (Å²) in [6, 6.07) is 8.61. The zero-order chi connectivity index (χ0) is 14.4. The second-order valence-corrected chi connectivity index (χ2v) is 4.39. The molecule has 0 fully saturated rings. The predicted octanol–water partition coefficient (Wildman–Crippen LogP) is 2.51. The normalized spacial score (nSPS) is 10.3. The van der Waals surface area contributed by atoms with Crippen LogP contribution in [0.15, 0.2) is 36.5 Å². The van der Waals surface area contributed by atoms with Gasteiger partial charge in [-0.3, -0.25) is 0 Å². The van der Waals surface area contributed by atoms with Gasteiger partial charge in [-0.25, -0.2) is 9.37 Å². The molecule has 1 aromatic heterocycles. The highest BCUT2D eigenvalue weighted by Gasteiger charge is 2.00. The van der Waals surface area contributed by atoms with Crippen molar-refractivity contribution >= 4 is 5.69 Å². The van der Waals surface area contributed by atoms with Crippen molar-refractivity contribution in [2.24, 2.45) is 0 Å². The molecule has 5 heteroatoms. The Kier molecular flexibility index (Phi) is 4.90. The summed E-state index contributed by atoms with van der Waals surface area (Å²) in [7, 11) is 0. The number of anilines is 1. The highest BCUT2D eigenvalue weighted by atomic mass is 19.1. The largest absolute Gasteiger partial charge is 0.475 e. The third-order valence-corrected chi connectivity index (χ3v) is 2.80. The van der Waals surface area contributed by atoms with E-state index in [0.717, 1.165) is 11.3 Å². The maximum Gasteiger partial charge on any atom is 0.213 e. The topological polar surface area (TPSA) is 54.4 Å². The van der Waals surface area contributed by atoms with E-state index in [4.69, 9.17) is 9.84 Å². The average molecular weight is 276 g/mol. The van der Waals surface area contributed by atoms with E-state index in [2.05, 4.69) is 10.3 Å². The van der Waals surface area contributed by atoms with Crippen molar-refractivity contribution in [2.45, 2.75) is 13.5 Å². The van der Waals surface area contributed by atoms with Crippen LogP contribution in [-0.2, 0) is 6.54 Å². The average Bonchev–Trinajstić information content (AvgIpc) is 2.47. The molecule has 20 heavy (non-hydrogen) atoms. The fourth-order valence-corrected chi connectivity index (χ4v) is 1.74. The van der Waals surface area contributed by atoms with Crippen molar-refractivity contribution in [3.63, 3.8) is 0 Å². The molecule has 0 radical (unpaired) electrons. The molecule has 4 nitrogen and oxygen atoms in total. The number of aliphatic hydroxyl groups is 1. The van der Waals surface area contributed by atoms with Gasteiger partial charge in [0.05, 0.1) is 18.5 Å². The van der Waals surface area contributed by atoms with Crippen LogP contribution in [0.3, 0.4) is 0 Å². The Hall–Kier alpha value is -2.14. The molecule has 0 aliphatic rings. The molecule has 0 saturated carbocycles. The van der Waals surface area contributed by atoms with Gasteiger partial charge in [-0.05, 0) is 30.2 Å². The number of rotatable bonds is 6. The summed E-state index contributed by atoms with van der Waals surface area (Å²) in [4.78, 5) is 4.10. The summed E-state index contributed by atoms with van der Waals surface area (Å²) in [5.41, 5.74) is 2.49. The van der Waals surface area contributed by atoms with E-state index in [0.29, 0.717) is 18.0 Å². The molecule has 106 valence electrons. The quantitative estimate of drug-likeness (QED) is 0.851. The molecular formula is C15H17FN2O2. The van der Waals surface area contributed by atoms with Crippen LogP contribution in [0.1, 0.15) is 11.1 Å². The van der Waals surface area contributed by atoms with E-state index < -0.39 is 0 Å². The number of pyridine rings is 1. The van der Waals surface area contributed by atoms with Crippen molar-refractivity contribution < 1.29 is 14.2 Å². The van der Waals surface area contributed by atoms with Crippen LogP contribution in [0.4, 0.5) is 10.1 Å². The van der Waals surface area contributed by atoms with E-state index in [1.54, 1.807) is 25.3 Å². The fraction of sp³-hybridized carbons (Fsp3) is 0.267. The number of benzene rings is 1. The standard InChI is InChI=1S/C15H17FN2O2/c1-11-8-12(2-4-14(11)16)9-17-13-3-5-15(18-10-13)20-7-6-19/h2-5,8,10,17,19H,6-7,9H2,1H3. The Bertz CT molecular complexity index is 558. The minimum Gasteiger partial charge on any atom is -0.475 e. The number of nitrogens with one attached hydrogen (secondary N) is 1. The SMILES string of the molecule is Cc1cc(CNc2ccc(OCCO)nc2)ccc1F. The maximum absolute atomic E-state index is 13.1. The number of aromatic nitrogens is 1. The van der Waals surface area contributed by atoms with Gasteiger partial charge in [-0.2, -0.15) is 0 Å². The molecule has 0 atom stereocenters. The van der Waals surface area contributed by atoms with Gasteiger partial charge in [-0.15, -0.1) is 0 Å². The molecule has 0 spiro atoms. The Morgan fingerprint density at radius 2 is 2.15 bits per heavy atom. The third-order valence-electron chi connectivity index (χ3n) is 2.80. The number of halogens is 1. The highest BCUT2D eigenvalue weighted by molar-refractivity contribution is 5.43. The minimum absolute atomic E-state index is 0.0361. The first-order valence-corrected chi connectivity index (χ1v) is 6.37. The molecule has 0 aliphatic carbocycles. The lowest BCUT2D eigenvalue weighted by molar-refractivity contribution is 0.196. The van der Waals surface area contributed by atoms with Gasteiger partial charge in [0, 0.05) is 12.6 Å². The van der Waals surface area contributed by atoms with Crippen molar-refractivity contribution in [3.8, 4) is 5.88 Å². The predicted molar refractivity (Wildman–Crippen MR) is 75.3 cm³/mol. The third kappa shape index (κ3) is 3.93. The van der Waals surface area contributed by atoms with Crippen LogP contribution in [0.2, 0.25) is 0 Å². The number of ether oxygens (including phenoxy) is 1. The van der Waals surface area contributed by atoms with E-state index >= 15 is 0 Å². The molecule has 0 aliphatic heterocycles. The van der Waals surface area contributed by atoms with Crippen LogP contribution in [-0.4, -0.2) is 23.3 Å². The van der Waals surface area contributed by atoms with E-state index in [-0.39, 0.29) is 19.0 Å². The zero-order valence-electron chi connectivity index (χ0n) is 11.3. The van der Waals surface area contributed by atoms with Gasteiger partial charge in [-0.1, -0.05) is 12.1 Å². The highest BCUT2D eigenvalue weighted by Crippen LogP contribution is 2.14. The zero-order valence-corrected chi connectivity index (χ0v) is 11.3. The van der Waals surface area contributed by atoms with Crippen molar-refractivity contribution in [3.05, 3.63) is 53.5 Å². The second-order valence-electron chi connectivity index (χ2n) is 4.39. The summed E-state index contributed by atoms with van der Waals surface area (Å²) in [5.74, 6) is 0.281. The van der Waals surface area contributed by atoms with Gasteiger partial charge in [0.25, 0.3) is 0 Å². The molecule has 1 aromatic carbocycles. The van der Waals surface area contributed by atoms with Gasteiger partial charge < -0.3 is 15.2 Å². The summed E-state index contributed by atoms with van der Waals surface area (Å²) < 4.78 is 18.3. The summed E-state index contributed by atoms with van der Waals surface area (Å²) >= 11 is 0. The number of aliphatic hydroxyl groups excluding tert-OH is 1. The lowest BCUT2D eigenvalue weighted by Gasteiger charge is -2.08. The number of hydrogen-bond acceptors (Lipinski definition) is 4. The summed E-state index contributed by atoms with van der Waals surface area (Å²) in [6.07, 6.45) is 1.66. The Morgan fingerprint density at radius 1 is 1.30 bits per heavy atom. The first-order valence-electron chi connectivity index (χ1n) is 6.37. The monoisotopic (exact) mass is 276 g/mol. The fourth-order valence-electron chi connectivity index (χ4n) is 1.74. The molecule has 0 unspecified atom stereocenters. The van der Waals surface area contributed by atoms with Crippen LogP contribution in [0, 0.1) is 12.7 Å². The van der Waals surface area contributed by atoms with Crippen molar-refractivity contribution in [2.75, 3.05) is 18.5 Å². The molecule has 0 saturated heterocycles. The summed E-state index contributed by atoms with van der Waals surface area (Å²) in [6.45, 7) is 2.54. The van der Waals surface area contributed by atoms with E-state index in [1.165, 1.54) is 6.07 Å². The number of hydrogen-bond donors (Lipinski definition) is 2. The Morgan fingerprint density at radius 3 is 2.80 bits per heavy atom. The minimum atomic E-state index is -0.194. The number of aryl methyl sites for hydroxylation is 1. The molecule has 0 amide bonds. The lowest BCUT2D eigenvalue weighted by atomic mass is 10.1. The van der Waals surface area contributed by atoms with Crippen molar-refractivity contribution in [1.29, 1.82) is 0 Å². The van der Waals surface area contributed by atoms with Crippen LogP contribution < -0.4 is 10.1 Å². The van der Waals surface area contributed by atoms with Crippen LogP contribution in [0.25, 0.3) is 0 Å². The molecule has 2 rings (SSSR count). The Labute approximate surface area is 117 Å². The second kappa shape index (κ2) is 6.86. The van der Waals surface area contributed by atoms with E-state index in [9.17, 15) is 4.39 Å². The smallest absolute Gasteiger partial charge is 0.213 e. The maximum atomic E-state index is 13.1. The first-order chi connectivity index (χ1) is 9.69. The molecular weight excluding hydrogens is 259 g/mol. The van der Waals surface area contributed by atoms with E-state index in [1.807, 2.05) is 12.1 Å². The molecule has 2 aromatic rings. The van der Waals surface area contributed by atoms with Gasteiger partial charge >= 0.3 is 0 Å². The van der Waals surface area contributed by atoms with Crippen molar-refractivity contribution in [1.82, 2.24) is 4.98 Å². The lowest BCUT2D eigenvalue weighted by Crippen LogP contribution is -2.04. The Balaban J connectivity index is 1.91. The van der Waals surface area contributed by atoms with Crippen LogP contribution >= 0.6 is 0 Å². The molecule has 2 N–H and O–H groups in total. The summed E-state index contributed by atoms with van der Waals surface area (Å²) in [5, 5.41) is 11.8. The molecule has 0 bridgehead atoms. The van der Waals surface area contributed by atoms with Gasteiger partial charge in [0.2, 0.25) is 5.88 Å². The van der Waals surface area contributed by atoms with Crippen LogP contribution in [0.5, 0.6) is 5.88 Å². The van der Waals surface area contributed by atoms with Gasteiger partial charge in [0.1, 0.15) is 12.4 Å². The van der Waals surface area contributed by atoms with Gasteiger partial charge in [0.15, 0.2) is 0 Å². The first kappa shape index (κ1) is 14.3. The molecule has 1 heterocycles.